The van der Waals surface area contributed by atoms with Gasteiger partial charge in [0.1, 0.15) is 0 Å². The molecule has 1 atom stereocenters. The van der Waals surface area contributed by atoms with E-state index in [0.29, 0.717) is 0 Å². The summed E-state index contributed by atoms with van der Waals surface area (Å²) in [7, 11) is 0. The van der Waals surface area contributed by atoms with Crippen LogP contribution in [0.4, 0.5) is 0 Å². The summed E-state index contributed by atoms with van der Waals surface area (Å²) in [5, 5.41) is 11.6. The molecule has 0 bridgehead atoms. The third kappa shape index (κ3) is 4.01. The van der Waals surface area contributed by atoms with E-state index in [9.17, 15) is 0 Å². The minimum atomic E-state index is 0.142. The molecule has 1 aromatic heterocycles. The monoisotopic (exact) mass is 225 g/mol. The lowest BCUT2D eigenvalue weighted by molar-refractivity contribution is 0.263. The first-order valence-corrected chi connectivity index (χ1v) is 6.15. The van der Waals surface area contributed by atoms with Gasteiger partial charge in [0.25, 0.3) is 0 Å². The molecule has 0 fully saturated rings. The van der Waals surface area contributed by atoms with Crippen LogP contribution in [0.2, 0.25) is 0 Å². The second-order valence-electron chi connectivity index (χ2n) is 3.82. The highest BCUT2D eigenvalue weighted by molar-refractivity contribution is 7.07. The lowest BCUT2D eigenvalue weighted by Gasteiger charge is -2.23. The Kier molecular flexibility index (Phi) is 4.78. The van der Waals surface area contributed by atoms with Crippen LogP contribution in [0.1, 0.15) is 19.4 Å². The third-order valence-electron chi connectivity index (χ3n) is 2.50. The molecular formula is C11H19N3S. The highest BCUT2D eigenvalue weighted by Crippen LogP contribution is 2.10. The fourth-order valence-corrected chi connectivity index (χ4v) is 2.09. The van der Waals surface area contributed by atoms with Crippen molar-refractivity contribution in [3.63, 3.8) is 0 Å². The molecule has 3 N–H and O–H groups in total. The smallest absolute Gasteiger partial charge is 0.0947 e. The lowest BCUT2D eigenvalue weighted by Crippen LogP contribution is -2.34. The number of nitrogens with zero attached hydrogens (tertiary/aromatic N) is 1. The largest absolute Gasteiger partial charge is 0.387 e. The Hall–Kier alpha value is -0.870. The third-order valence-corrected chi connectivity index (χ3v) is 3.23. The van der Waals surface area contributed by atoms with E-state index in [4.69, 9.17) is 11.1 Å². The topological polar surface area (TPSA) is 53.1 Å². The van der Waals surface area contributed by atoms with Crippen LogP contribution in [0.15, 0.2) is 16.8 Å². The Morgan fingerprint density at radius 3 is 2.87 bits per heavy atom. The molecule has 1 unspecified atom stereocenters. The molecule has 1 heterocycles. The van der Waals surface area contributed by atoms with Crippen molar-refractivity contribution >= 4 is 17.2 Å². The number of nitrogens with one attached hydrogen (secondary N) is 1. The molecule has 0 radical (unpaired) electrons. The van der Waals surface area contributed by atoms with Crippen molar-refractivity contribution in [3.05, 3.63) is 22.4 Å². The van der Waals surface area contributed by atoms with Crippen molar-refractivity contribution < 1.29 is 0 Å². The number of nitrogens with two attached hydrogens (primary N) is 1. The van der Waals surface area contributed by atoms with Gasteiger partial charge in [0.05, 0.1) is 5.84 Å². The predicted molar refractivity (Wildman–Crippen MR) is 66.3 cm³/mol. The first-order valence-electron chi connectivity index (χ1n) is 5.20. The van der Waals surface area contributed by atoms with E-state index in [-0.39, 0.29) is 11.8 Å². The van der Waals surface area contributed by atoms with Gasteiger partial charge in [-0.15, -0.1) is 0 Å². The maximum Gasteiger partial charge on any atom is 0.0947 e. The van der Waals surface area contributed by atoms with Crippen molar-refractivity contribution in [3.8, 4) is 0 Å². The number of thiophene rings is 1. The summed E-state index contributed by atoms with van der Waals surface area (Å²) in [6, 6.07) is 2.14. The van der Waals surface area contributed by atoms with Crippen molar-refractivity contribution in [2.24, 2.45) is 11.7 Å². The molecule has 3 nitrogen and oxygen atoms in total. The molecule has 84 valence electrons. The summed E-state index contributed by atoms with van der Waals surface area (Å²) < 4.78 is 0. The van der Waals surface area contributed by atoms with Crippen molar-refractivity contribution in [2.45, 2.75) is 20.4 Å². The fourth-order valence-electron chi connectivity index (χ4n) is 1.43. The quantitative estimate of drug-likeness (QED) is 0.575. The first kappa shape index (κ1) is 12.2. The van der Waals surface area contributed by atoms with Gasteiger partial charge in [-0.2, -0.15) is 11.3 Å². The number of rotatable bonds is 6. The maximum atomic E-state index is 7.37. The average Bonchev–Trinajstić information content (AvgIpc) is 2.69. The SMILES string of the molecule is CCN(Cc1ccsc1)CC(C)C(=N)N. The van der Waals surface area contributed by atoms with Gasteiger partial charge in [0.15, 0.2) is 0 Å². The van der Waals surface area contributed by atoms with Crippen LogP contribution in [-0.2, 0) is 6.54 Å². The van der Waals surface area contributed by atoms with Crippen LogP contribution in [0.3, 0.4) is 0 Å². The Morgan fingerprint density at radius 2 is 2.40 bits per heavy atom. The molecule has 4 heteroatoms. The van der Waals surface area contributed by atoms with Crippen LogP contribution in [-0.4, -0.2) is 23.8 Å². The summed E-state index contributed by atoms with van der Waals surface area (Å²) in [5.74, 6) is 0.419. The Balaban J connectivity index is 2.46. The van der Waals surface area contributed by atoms with Crippen molar-refractivity contribution in [2.75, 3.05) is 13.1 Å². The van der Waals surface area contributed by atoms with Gasteiger partial charge in [-0.25, -0.2) is 0 Å². The highest BCUT2D eigenvalue weighted by atomic mass is 32.1. The molecule has 0 spiro atoms. The molecule has 0 amide bonds. The summed E-state index contributed by atoms with van der Waals surface area (Å²) >= 11 is 1.72. The highest BCUT2D eigenvalue weighted by Gasteiger charge is 2.11. The molecule has 0 aromatic carbocycles. The Labute approximate surface area is 95.4 Å². The van der Waals surface area contributed by atoms with Gasteiger partial charge in [0.2, 0.25) is 0 Å². The molecule has 15 heavy (non-hydrogen) atoms. The summed E-state index contributed by atoms with van der Waals surface area (Å²) in [4.78, 5) is 2.31. The minimum Gasteiger partial charge on any atom is -0.387 e. The van der Waals surface area contributed by atoms with E-state index in [2.05, 4.69) is 28.7 Å². The van der Waals surface area contributed by atoms with Gasteiger partial charge in [0, 0.05) is 19.0 Å². The average molecular weight is 225 g/mol. The molecular weight excluding hydrogens is 206 g/mol. The van der Waals surface area contributed by atoms with Gasteiger partial charge in [-0.05, 0) is 28.9 Å². The van der Waals surface area contributed by atoms with Crippen LogP contribution >= 0.6 is 11.3 Å². The van der Waals surface area contributed by atoms with Crippen LogP contribution in [0.5, 0.6) is 0 Å². The van der Waals surface area contributed by atoms with Crippen LogP contribution in [0, 0.1) is 11.3 Å². The van der Waals surface area contributed by atoms with E-state index in [1.165, 1.54) is 5.56 Å². The van der Waals surface area contributed by atoms with E-state index in [1.54, 1.807) is 11.3 Å². The Bertz CT molecular complexity index is 295. The number of amidine groups is 1. The Morgan fingerprint density at radius 1 is 1.67 bits per heavy atom. The summed E-state index contributed by atoms with van der Waals surface area (Å²) in [5.41, 5.74) is 6.82. The van der Waals surface area contributed by atoms with E-state index < -0.39 is 0 Å². The van der Waals surface area contributed by atoms with Gasteiger partial charge in [-0.3, -0.25) is 10.3 Å². The zero-order chi connectivity index (χ0) is 11.3. The van der Waals surface area contributed by atoms with E-state index in [0.717, 1.165) is 19.6 Å². The molecule has 0 saturated carbocycles. The zero-order valence-electron chi connectivity index (χ0n) is 9.36. The van der Waals surface area contributed by atoms with E-state index in [1.807, 2.05) is 6.92 Å². The minimum absolute atomic E-state index is 0.142. The van der Waals surface area contributed by atoms with Crippen molar-refractivity contribution in [1.82, 2.24) is 4.90 Å². The standard InChI is InChI=1S/C11H19N3S/c1-3-14(6-9(2)11(12)13)7-10-4-5-15-8-10/h4-5,8-9H,3,6-7H2,1-2H3,(H3,12,13). The molecule has 0 aliphatic rings. The molecule has 0 saturated heterocycles. The fraction of sp³-hybridized carbons (Fsp3) is 0.545. The van der Waals surface area contributed by atoms with Gasteiger partial charge < -0.3 is 5.73 Å². The molecule has 0 aliphatic heterocycles. The van der Waals surface area contributed by atoms with Crippen molar-refractivity contribution in [1.29, 1.82) is 5.41 Å². The number of hydrogen-bond donors (Lipinski definition) is 2. The second kappa shape index (κ2) is 5.88. The lowest BCUT2D eigenvalue weighted by atomic mass is 10.1. The maximum absolute atomic E-state index is 7.37. The van der Waals surface area contributed by atoms with Crippen LogP contribution in [0.25, 0.3) is 0 Å². The molecule has 1 aromatic rings. The van der Waals surface area contributed by atoms with Gasteiger partial charge >= 0.3 is 0 Å². The zero-order valence-corrected chi connectivity index (χ0v) is 10.2. The molecule has 1 rings (SSSR count). The van der Waals surface area contributed by atoms with Crippen LogP contribution < -0.4 is 5.73 Å². The number of hydrogen-bond acceptors (Lipinski definition) is 3. The predicted octanol–water partition coefficient (Wildman–Crippen LogP) is 2.14. The second-order valence-corrected chi connectivity index (χ2v) is 4.60. The van der Waals surface area contributed by atoms with Gasteiger partial charge in [-0.1, -0.05) is 13.8 Å². The summed E-state index contributed by atoms with van der Waals surface area (Å²) in [6.45, 7) is 6.95. The summed E-state index contributed by atoms with van der Waals surface area (Å²) in [6.07, 6.45) is 0. The first-order chi connectivity index (χ1) is 7.13. The van der Waals surface area contributed by atoms with E-state index >= 15 is 0 Å². The molecule has 0 aliphatic carbocycles. The normalized spacial score (nSPS) is 13.0.